The lowest BCUT2D eigenvalue weighted by Gasteiger charge is -2.39. The summed E-state index contributed by atoms with van der Waals surface area (Å²) in [6, 6.07) is 5.21. The van der Waals surface area contributed by atoms with E-state index in [1.807, 2.05) is 0 Å². The minimum Gasteiger partial charge on any atom is -0.545 e. The summed E-state index contributed by atoms with van der Waals surface area (Å²) in [7, 11) is 1.33. The van der Waals surface area contributed by atoms with Crippen LogP contribution in [-0.4, -0.2) is 88.0 Å². The highest BCUT2D eigenvalue weighted by atomic mass is 16.8. The van der Waals surface area contributed by atoms with Crippen molar-refractivity contribution in [3.8, 4) is 23.0 Å². The molecule has 0 amide bonds. The first-order valence-corrected chi connectivity index (χ1v) is 10.9. The number of hydrogen-bond acceptors (Lipinski definition) is 14. The number of carbonyl (C=O) groups excluding carboxylic acids is 1. The molecule has 0 aliphatic carbocycles. The molecular formula is C23H22NO13-. The number of anilines is 1. The van der Waals surface area contributed by atoms with Crippen molar-refractivity contribution in [1.82, 2.24) is 0 Å². The Bertz CT molecular complexity index is 1370. The second kappa shape index (κ2) is 9.35. The van der Waals surface area contributed by atoms with Gasteiger partial charge in [-0.3, -0.25) is 10.4 Å². The number of methoxy groups -OCH3 is 1. The maximum absolute atomic E-state index is 12.0. The lowest BCUT2D eigenvalue weighted by Crippen LogP contribution is -2.60. The quantitative estimate of drug-likeness (QED) is 0.168. The Morgan fingerprint density at radius 1 is 1.05 bits per heavy atom. The Balaban J connectivity index is 1.75. The van der Waals surface area contributed by atoms with E-state index in [0.29, 0.717) is 0 Å². The van der Waals surface area contributed by atoms with Gasteiger partial charge in [0.25, 0.3) is 0 Å². The second-order valence-electron chi connectivity index (χ2n) is 8.42. The topological polar surface area (TPSA) is 211 Å². The lowest BCUT2D eigenvalue weighted by atomic mass is 9.94. The van der Waals surface area contributed by atoms with Crippen LogP contribution in [0.5, 0.6) is 23.0 Å². The molecule has 0 radical (unpaired) electrons. The van der Waals surface area contributed by atoms with Gasteiger partial charge >= 0.3 is 0 Å². The molecule has 1 saturated heterocycles. The molecule has 3 aromatic carbocycles. The Labute approximate surface area is 207 Å². The molecule has 5 rings (SSSR count). The van der Waals surface area contributed by atoms with Crippen molar-refractivity contribution in [2.45, 2.75) is 30.7 Å². The number of carboxylic acids is 1. The van der Waals surface area contributed by atoms with Crippen LogP contribution < -0.4 is 29.3 Å². The standard InChI is InChI=1S/C23H23NO13/c1-33-13-3-8(36-23-20(28)19(27)18(26)15(6-25)37-23)2-10-9(13)4-12(24(31)32)16-11(22(29)30)5-14-21(17(10)16)35-7-34-14/h2-5,15,18-20,23,25-28,31-32H,6-7H2,1H3,(H,29,30)/p-1/t15-,18-,19+,20-,23-/m1/s1. The van der Waals surface area contributed by atoms with Crippen molar-refractivity contribution < 1.29 is 64.4 Å². The molecule has 0 bridgehead atoms. The van der Waals surface area contributed by atoms with Crippen molar-refractivity contribution in [3.05, 3.63) is 29.8 Å². The predicted octanol–water partition coefficient (Wildman–Crippen LogP) is -1.14. The number of aliphatic hydroxyl groups excluding tert-OH is 4. The molecule has 14 heteroatoms. The molecule has 1 fully saturated rings. The first-order chi connectivity index (χ1) is 17.7. The summed E-state index contributed by atoms with van der Waals surface area (Å²) < 4.78 is 27.5. The molecule has 3 aromatic rings. The summed E-state index contributed by atoms with van der Waals surface area (Å²) in [6.07, 6.45) is -7.69. The van der Waals surface area contributed by atoms with Crippen LogP contribution in [0.4, 0.5) is 5.69 Å². The van der Waals surface area contributed by atoms with Crippen LogP contribution >= 0.6 is 0 Å². The number of aromatic carboxylic acids is 1. The molecule has 0 aromatic heterocycles. The lowest BCUT2D eigenvalue weighted by molar-refractivity contribution is -0.277. The summed E-state index contributed by atoms with van der Waals surface area (Å²) in [5.41, 5.74) is -0.732. The number of hydrogen-bond donors (Lipinski definition) is 6. The van der Waals surface area contributed by atoms with E-state index in [1.165, 1.54) is 25.3 Å². The number of rotatable bonds is 6. The molecular weight excluding hydrogens is 498 g/mol. The molecule has 2 aliphatic rings. The number of carboxylic acid groups (broad SMARTS) is 1. The summed E-state index contributed by atoms with van der Waals surface area (Å²) in [6.45, 7) is -0.889. The van der Waals surface area contributed by atoms with E-state index in [2.05, 4.69) is 0 Å². The molecule has 5 atom stereocenters. The zero-order chi connectivity index (χ0) is 26.6. The fourth-order valence-corrected chi connectivity index (χ4v) is 4.59. The number of aliphatic hydroxyl groups is 4. The third-order valence-corrected chi connectivity index (χ3v) is 6.34. The van der Waals surface area contributed by atoms with Gasteiger partial charge in [-0.15, -0.1) is 5.23 Å². The van der Waals surface area contributed by atoms with Gasteiger partial charge in [0.15, 0.2) is 11.5 Å². The maximum atomic E-state index is 12.0. The van der Waals surface area contributed by atoms with Crippen molar-refractivity contribution in [3.63, 3.8) is 0 Å². The van der Waals surface area contributed by atoms with E-state index < -0.39 is 48.8 Å². The minimum absolute atomic E-state index is 0.0131. The summed E-state index contributed by atoms with van der Waals surface area (Å²) in [5.74, 6) is -1.29. The molecule has 2 aliphatic heterocycles. The zero-order valence-corrected chi connectivity index (χ0v) is 19.1. The largest absolute Gasteiger partial charge is 0.545 e. The Morgan fingerprint density at radius 3 is 2.46 bits per heavy atom. The minimum atomic E-state index is -1.69. The van der Waals surface area contributed by atoms with Gasteiger partial charge < -0.3 is 54.0 Å². The number of benzene rings is 3. The first kappa shape index (κ1) is 25.0. The molecule has 2 heterocycles. The highest BCUT2D eigenvalue weighted by Gasteiger charge is 2.44. The van der Waals surface area contributed by atoms with E-state index in [0.717, 1.165) is 6.07 Å². The maximum Gasteiger partial charge on any atom is 0.231 e. The summed E-state index contributed by atoms with van der Waals surface area (Å²) in [4.78, 5) is 12.0. The van der Waals surface area contributed by atoms with Crippen molar-refractivity contribution in [1.29, 1.82) is 0 Å². The normalized spacial score (nSPS) is 24.9. The monoisotopic (exact) mass is 520 g/mol. The molecule has 0 spiro atoms. The Kier molecular flexibility index (Phi) is 6.33. The van der Waals surface area contributed by atoms with Crippen molar-refractivity contribution >= 4 is 33.2 Å². The zero-order valence-electron chi connectivity index (χ0n) is 19.1. The fourth-order valence-electron chi connectivity index (χ4n) is 4.59. The van der Waals surface area contributed by atoms with Crippen LogP contribution in [0, 0.1) is 0 Å². The van der Waals surface area contributed by atoms with Gasteiger partial charge in [0.2, 0.25) is 13.1 Å². The van der Waals surface area contributed by atoms with Crippen LogP contribution in [0.1, 0.15) is 10.4 Å². The van der Waals surface area contributed by atoms with Gasteiger partial charge in [0, 0.05) is 33.2 Å². The SMILES string of the molecule is COc1cc(O[C@@H]2O[C@H](CO)[C@@H](O)[C@H](O)[C@H]2O)cc2c1cc(N(O)O)c1c(C(=O)[O-])cc3c(c12)OCO3. The van der Waals surface area contributed by atoms with Crippen LogP contribution in [0.25, 0.3) is 21.5 Å². The van der Waals surface area contributed by atoms with Gasteiger partial charge in [-0.05, 0) is 18.2 Å². The highest BCUT2D eigenvalue weighted by molar-refractivity contribution is 6.22. The average molecular weight is 520 g/mol. The number of fused-ring (bicyclic) bond motifs is 5. The number of nitrogens with zero attached hydrogens (tertiary/aromatic N) is 1. The van der Waals surface area contributed by atoms with E-state index in [4.69, 9.17) is 23.7 Å². The summed E-state index contributed by atoms with van der Waals surface area (Å²) >= 11 is 0. The van der Waals surface area contributed by atoms with Crippen molar-refractivity contribution in [2.24, 2.45) is 0 Å². The number of ether oxygens (including phenoxy) is 5. The molecule has 6 N–H and O–H groups in total. The van der Waals surface area contributed by atoms with E-state index in [9.17, 15) is 40.7 Å². The number of carbonyl (C=O) groups is 1. The van der Waals surface area contributed by atoms with Crippen LogP contribution in [0.15, 0.2) is 24.3 Å². The van der Waals surface area contributed by atoms with Gasteiger partial charge in [0.05, 0.1) is 19.7 Å². The molecule has 0 saturated carbocycles. The van der Waals surface area contributed by atoms with Gasteiger partial charge in [-0.2, -0.15) is 0 Å². The van der Waals surface area contributed by atoms with Gasteiger partial charge in [-0.25, -0.2) is 0 Å². The smallest absolute Gasteiger partial charge is 0.231 e. The van der Waals surface area contributed by atoms with E-state index >= 15 is 0 Å². The van der Waals surface area contributed by atoms with E-state index in [-0.39, 0.29) is 62.2 Å². The Hall–Kier alpha value is -3.63. The van der Waals surface area contributed by atoms with Gasteiger partial charge in [0.1, 0.15) is 41.6 Å². The highest BCUT2D eigenvalue weighted by Crippen LogP contribution is 2.49. The predicted molar refractivity (Wildman–Crippen MR) is 119 cm³/mol. The third-order valence-electron chi connectivity index (χ3n) is 6.34. The molecule has 37 heavy (non-hydrogen) atoms. The Morgan fingerprint density at radius 2 is 1.81 bits per heavy atom. The van der Waals surface area contributed by atoms with Gasteiger partial charge in [-0.1, -0.05) is 0 Å². The summed E-state index contributed by atoms with van der Waals surface area (Å²) in [5, 5.41) is 72.0. The van der Waals surface area contributed by atoms with Crippen LogP contribution in [0.3, 0.4) is 0 Å². The van der Waals surface area contributed by atoms with Crippen LogP contribution in [-0.2, 0) is 4.74 Å². The third kappa shape index (κ3) is 4.00. The first-order valence-electron chi connectivity index (χ1n) is 10.9. The average Bonchev–Trinajstić information content (AvgIpc) is 3.35. The van der Waals surface area contributed by atoms with E-state index in [1.54, 1.807) is 0 Å². The molecule has 0 unspecified atom stereocenters. The fraction of sp³-hybridized carbons (Fsp3) is 0.348. The van der Waals surface area contributed by atoms with Crippen LogP contribution in [0.2, 0.25) is 0 Å². The molecule has 14 nitrogen and oxygen atoms in total. The van der Waals surface area contributed by atoms with Crippen molar-refractivity contribution in [2.75, 3.05) is 25.7 Å². The second-order valence-corrected chi connectivity index (χ2v) is 8.42. The molecule has 198 valence electrons.